The Bertz CT molecular complexity index is 1490. The average molecular weight is 608 g/mol. The second kappa shape index (κ2) is 14.4. The average Bonchev–Trinajstić information content (AvgIpc) is 3.53. The topological polar surface area (TPSA) is 105 Å². The first-order valence-electron chi connectivity index (χ1n) is 14.6. The molecule has 3 aromatic rings. The Balaban J connectivity index is 1.74. The molecule has 1 aliphatic carbocycles. The van der Waals surface area contributed by atoms with Crippen molar-refractivity contribution in [2.24, 2.45) is 0 Å². The van der Waals surface area contributed by atoms with Crippen LogP contribution in [0.15, 0.2) is 77.7 Å². The molecule has 0 spiro atoms. The molecule has 0 bridgehead atoms. The summed E-state index contributed by atoms with van der Waals surface area (Å²) in [7, 11) is -1.25. The molecule has 1 saturated carbocycles. The minimum absolute atomic E-state index is 0.0429. The van der Waals surface area contributed by atoms with E-state index < -0.39 is 28.5 Å². The number of nitrogens with zero attached hydrogens (tertiary/aromatic N) is 2. The van der Waals surface area contributed by atoms with Gasteiger partial charge in [-0.1, -0.05) is 67.8 Å². The van der Waals surface area contributed by atoms with Gasteiger partial charge in [-0.15, -0.1) is 0 Å². The van der Waals surface area contributed by atoms with Crippen molar-refractivity contribution in [2.75, 3.05) is 25.1 Å². The second-order valence-electron chi connectivity index (χ2n) is 10.8. The molecule has 3 aromatic carbocycles. The molecule has 2 amide bonds. The van der Waals surface area contributed by atoms with Crippen LogP contribution in [0.1, 0.15) is 50.2 Å². The first-order valence-corrected chi connectivity index (χ1v) is 16.1. The lowest BCUT2D eigenvalue weighted by atomic mass is 10.1. The highest BCUT2D eigenvalue weighted by molar-refractivity contribution is 7.92. The Kier molecular flexibility index (Phi) is 10.7. The largest absolute Gasteiger partial charge is 0.493 e. The molecule has 0 aliphatic heterocycles. The lowest BCUT2D eigenvalue weighted by Gasteiger charge is -2.34. The number of ether oxygens (including phenoxy) is 2. The van der Waals surface area contributed by atoms with E-state index >= 15 is 0 Å². The Morgan fingerprint density at radius 1 is 0.930 bits per heavy atom. The molecule has 0 radical (unpaired) electrons. The van der Waals surface area contributed by atoms with Crippen molar-refractivity contribution in [1.82, 2.24) is 10.2 Å². The van der Waals surface area contributed by atoms with Crippen LogP contribution in [-0.4, -0.2) is 58.0 Å². The van der Waals surface area contributed by atoms with Gasteiger partial charge in [-0.3, -0.25) is 13.9 Å². The molecule has 0 saturated heterocycles. The van der Waals surface area contributed by atoms with Gasteiger partial charge in [0, 0.05) is 18.7 Å². The lowest BCUT2D eigenvalue weighted by molar-refractivity contribution is -0.140. The van der Waals surface area contributed by atoms with Crippen LogP contribution < -0.4 is 19.1 Å². The van der Waals surface area contributed by atoms with Crippen LogP contribution in [0.4, 0.5) is 5.69 Å². The van der Waals surface area contributed by atoms with Crippen molar-refractivity contribution >= 4 is 27.5 Å². The van der Waals surface area contributed by atoms with Crippen LogP contribution in [0.25, 0.3) is 0 Å². The van der Waals surface area contributed by atoms with E-state index in [0.717, 1.165) is 41.1 Å². The summed E-state index contributed by atoms with van der Waals surface area (Å²) in [5.41, 5.74) is 1.97. The SMILES string of the molecule is CC[C@@H](C(=O)NC1CCCC1)N(Cc1ccccc1)C(=O)CN(c1ccc(OC)c(OC)c1)S(=O)(=O)c1ccc(C)cc1. The van der Waals surface area contributed by atoms with Crippen molar-refractivity contribution < 1.29 is 27.5 Å². The van der Waals surface area contributed by atoms with E-state index in [1.54, 1.807) is 24.3 Å². The van der Waals surface area contributed by atoms with Gasteiger partial charge in [0.25, 0.3) is 10.0 Å². The summed E-state index contributed by atoms with van der Waals surface area (Å²) in [4.78, 5) is 29.4. The molecule has 1 atom stereocenters. The number of hydrogen-bond donors (Lipinski definition) is 1. The van der Waals surface area contributed by atoms with E-state index in [0.29, 0.717) is 17.9 Å². The van der Waals surface area contributed by atoms with Gasteiger partial charge in [0.2, 0.25) is 11.8 Å². The fourth-order valence-corrected chi connectivity index (χ4v) is 6.82. The molecule has 1 fully saturated rings. The summed E-state index contributed by atoms with van der Waals surface area (Å²) in [5.74, 6) is 0.0196. The maximum Gasteiger partial charge on any atom is 0.264 e. The third-order valence-electron chi connectivity index (χ3n) is 7.83. The highest BCUT2D eigenvalue weighted by atomic mass is 32.2. The maximum absolute atomic E-state index is 14.3. The van der Waals surface area contributed by atoms with E-state index in [2.05, 4.69) is 5.32 Å². The number of sulfonamides is 1. The molecule has 0 aromatic heterocycles. The van der Waals surface area contributed by atoms with Gasteiger partial charge in [0.15, 0.2) is 11.5 Å². The van der Waals surface area contributed by atoms with Gasteiger partial charge in [-0.2, -0.15) is 0 Å². The van der Waals surface area contributed by atoms with Crippen molar-refractivity contribution in [3.05, 3.63) is 83.9 Å². The molecule has 4 rings (SSSR count). The molecule has 0 unspecified atom stereocenters. The standard InChI is InChI=1S/C33H41N3O6S/c1-5-29(33(38)34-26-13-9-10-14-26)35(22-25-11-7-6-8-12-25)32(37)23-36(27-17-20-30(41-3)31(21-27)42-4)43(39,40)28-18-15-24(2)16-19-28/h6-8,11-12,15-21,26,29H,5,9-10,13-14,22-23H2,1-4H3,(H,34,38)/t29-/m0/s1. The summed E-state index contributed by atoms with van der Waals surface area (Å²) in [6.07, 6.45) is 4.32. The molecule has 9 nitrogen and oxygen atoms in total. The quantitative estimate of drug-likeness (QED) is 0.291. The summed E-state index contributed by atoms with van der Waals surface area (Å²) < 4.78 is 40.1. The van der Waals surface area contributed by atoms with Crippen LogP contribution in [0, 0.1) is 6.92 Å². The number of methoxy groups -OCH3 is 2. The number of rotatable bonds is 13. The van der Waals surface area contributed by atoms with Crippen LogP contribution in [0.2, 0.25) is 0 Å². The third-order valence-corrected chi connectivity index (χ3v) is 9.61. The zero-order valence-electron chi connectivity index (χ0n) is 25.3. The molecule has 1 aliphatic rings. The van der Waals surface area contributed by atoms with Crippen LogP contribution in [0.5, 0.6) is 11.5 Å². The Labute approximate surface area is 254 Å². The predicted octanol–water partition coefficient (Wildman–Crippen LogP) is 5.07. The monoisotopic (exact) mass is 607 g/mol. The summed E-state index contributed by atoms with van der Waals surface area (Å²) >= 11 is 0. The number of carbonyl (C=O) groups is 2. The number of benzene rings is 3. The number of anilines is 1. The number of amides is 2. The van der Waals surface area contributed by atoms with Crippen molar-refractivity contribution in [3.8, 4) is 11.5 Å². The van der Waals surface area contributed by atoms with E-state index in [-0.39, 0.29) is 29.1 Å². The van der Waals surface area contributed by atoms with Crippen molar-refractivity contribution in [2.45, 2.75) is 69.5 Å². The summed E-state index contributed by atoms with van der Waals surface area (Å²) in [5, 5.41) is 3.13. The van der Waals surface area contributed by atoms with Crippen LogP contribution >= 0.6 is 0 Å². The molecule has 0 heterocycles. The molecule has 230 valence electrons. The fraction of sp³-hybridized carbons (Fsp3) is 0.394. The van der Waals surface area contributed by atoms with Crippen molar-refractivity contribution in [3.63, 3.8) is 0 Å². The minimum Gasteiger partial charge on any atom is -0.493 e. The maximum atomic E-state index is 14.3. The smallest absolute Gasteiger partial charge is 0.264 e. The van der Waals surface area contributed by atoms with Gasteiger partial charge in [-0.25, -0.2) is 8.42 Å². The number of carbonyl (C=O) groups excluding carboxylic acids is 2. The molecule has 1 N–H and O–H groups in total. The summed E-state index contributed by atoms with van der Waals surface area (Å²) in [6, 6.07) is 19.9. The third kappa shape index (κ3) is 7.67. The number of aryl methyl sites for hydroxylation is 1. The van der Waals surface area contributed by atoms with E-state index in [4.69, 9.17) is 9.47 Å². The zero-order valence-corrected chi connectivity index (χ0v) is 26.1. The highest BCUT2D eigenvalue weighted by Crippen LogP contribution is 2.34. The first kappa shape index (κ1) is 31.9. The van der Waals surface area contributed by atoms with E-state index in [1.165, 1.54) is 37.3 Å². The summed E-state index contributed by atoms with van der Waals surface area (Å²) in [6.45, 7) is 3.36. The Morgan fingerprint density at radius 2 is 1.58 bits per heavy atom. The van der Waals surface area contributed by atoms with Gasteiger partial charge in [-0.05, 0) is 56.0 Å². The lowest BCUT2D eigenvalue weighted by Crippen LogP contribution is -2.53. The van der Waals surface area contributed by atoms with Gasteiger partial charge in [0.05, 0.1) is 24.8 Å². The first-order chi connectivity index (χ1) is 20.7. The van der Waals surface area contributed by atoms with E-state index in [1.807, 2.05) is 44.2 Å². The second-order valence-corrected chi connectivity index (χ2v) is 12.6. The molecular formula is C33H41N3O6S. The van der Waals surface area contributed by atoms with Crippen molar-refractivity contribution in [1.29, 1.82) is 0 Å². The van der Waals surface area contributed by atoms with Crippen LogP contribution in [-0.2, 0) is 26.2 Å². The number of hydrogen-bond acceptors (Lipinski definition) is 6. The van der Waals surface area contributed by atoms with E-state index in [9.17, 15) is 18.0 Å². The number of nitrogens with one attached hydrogen (secondary N) is 1. The highest BCUT2D eigenvalue weighted by Gasteiger charge is 2.35. The van der Waals surface area contributed by atoms with Gasteiger partial charge >= 0.3 is 0 Å². The molecular weight excluding hydrogens is 566 g/mol. The Hall–Kier alpha value is -4.05. The Morgan fingerprint density at radius 3 is 2.19 bits per heavy atom. The molecule has 10 heteroatoms. The van der Waals surface area contributed by atoms with Gasteiger partial charge in [0.1, 0.15) is 12.6 Å². The fourth-order valence-electron chi connectivity index (χ4n) is 5.41. The normalized spacial score (nSPS) is 14.1. The van der Waals surface area contributed by atoms with Crippen LogP contribution in [0.3, 0.4) is 0 Å². The minimum atomic E-state index is -4.20. The predicted molar refractivity (Wildman–Crippen MR) is 167 cm³/mol. The zero-order chi connectivity index (χ0) is 31.0. The van der Waals surface area contributed by atoms with Gasteiger partial charge < -0.3 is 19.7 Å². The molecule has 43 heavy (non-hydrogen) atoms.